The second kappa shape index (κ2) is 2.63. The molecule has 2 rings (SSSR count). The Balaban J connectivity index is 2.09. The predicted octanol–water partition coefficient (Wildman–Crippen LogP) is 1.74. The van der Waals surface area contributed by atoms with Crippen molar-refractivity contribution in [2.75, 3.05) is 0 Å². The number of esters is 1. The Morgan fingerprint density at radius 2 is 2.42 bits per heavy atom. The number of hydrogen-bond acceptors (Lipinski definition) is 2. The predicted molar refractivity (Wildman–Crippen MR) is 45.5 cm³/mol. The maximum Gasteiger partial charge on any atom is 0.334 e. The van der Waals surface area contributed by atoms with E-state index in [1.807, 2.05) is 12.2 Å². The van der Waals surface area contributed by atoms with E-state index in [2.05, 4.69) is 12.7 Å². The summed E-state index contributed by atoms with van der Waals surface area (Å²) in [6.45, 7) is 3.63. The number of hydrogen-bond donors (Lipinski definition) is 0. The molecule has 0 saturated carbocycles. The molecule has 0 spiro atoms. The second-order valence-electron chi connectivity index (χ2n) is 3.08. The van der Waals surface area contributed by atoms with Crippen LogP contribution in [0.25, 0.3) is 0 Å². The van der Waals surface area contributed by atoms with Gasteiger partial charge in [0.05, 0.1) is 0 Å². The Labute approximate surface area is 71.2 Å². The monoisotopic (exact) mass is 162 g/mol. The quantitative estimate of drug-likeness (QED) is 0.433. The van der Waals surface area contributed by atoms with Gasteiger partial charge in [0.2, 0.25) is 0 Å². The smallest absolute Gasteiger partial charge is 0.334 e. The van der Waals surface area contributed by atoms with Crippen molar-refractivity contribution in [3.8, 4) is 0 Å². The number of carbonyl (C=O) groups is 1. The van der Waals surface area contributed by atoms with E-state index in [1.165, 1.54) is 5.57 Å². The van der Waals surface area contributed by atoms with Crippen molar-refractivity contribution in [3.63, 3.8) is 0 Å². The Kier molecular flexibility index (Phi) is 1.61. The Morgan fingerprint density at radius 3 is 2.92 bits per heavy atom. The molecule has 0 bridgehead atoms. The summed E-state index contributed by atoms with van der Waals surface area (Å²) < 4.78 is 5.11. The van der Waals surface area contributed by atoms with E-state index in [4.69, 9.17) is 4.74 Å². The van der Waals surface area contributed by atoms with Crippen molar-refractivity contribution >= 4 is 5.97 Å². The minimum Gasteiger partial charge on any atom is -0.454 e. The average Bonchev–Trinajstić information content (AvgIpc) is 2.61. The molecule has 0 aromatic heterocycles. The van der Waals surface area contributed by atoms with Gasteiger partial charge in [-0.1, -0.05) is 24.8 Å². The highest BCUT2D eigenvalue weighted by Crippen LogP contribution is 2.28. The first kappa shape index (κ1) is 7.35. The van der Waals surface area contributed by atoms with Gasteiger partial charge in [-0.2, -0.15) is 0 Å². The minimum atomic E-state index is -0.243. The molecule has 1 atom stereocenters. The van der Waals surface area contributed by atoms with Crippen LogP contribution in [0.3, 0.4) is 0 Å². The van der Waals surface area contributed by atoms with Crippen LogP contribution >= 0.6 is 0 Å². The summed E-state index contributed by atoms with van der Waals surface area (Å²) in [4.78, 5) is 11.0. The Hall–Kier alpha value is -1.31. The fraction of sp³-hybridized carbons (Fsp3) is 0.300. The first-order valence-electron chi connectivity index (χ1n) is 4.02. The van der Waals surface area contributed by atoms with Crippen molar-refractivity contribution in [2.24, 2.45) is 0 Å². The van der Waals surface area contributed by atoms with Gasteiger partial charge >= 0.3 is 5.97 Å². The molecular formula is C10H10O2. The first-order chi connectivity index (χ1) is 5.77. The van der Waals surface area contributed by atoms with E-state index < -0.39 is 0 Å². The molecule has 1 aliphatic carbocycles. The van der Waals surface area contributed by atoms with E-state index in [0.717, 1.165) is 6.42 Å². The van der Waals surface area contributed by atoms with Gasteiger partial charge in [0.1, 0.15) is 6.10 Å². The third-order valence-corrected chi connectivity index (χ3v) is 2.18. The van der Waals surface area contributed by atoms with Crippen molar-refractivity contribution in [1.29, 1.82) is 0 Å². The molecule has 0 radical (unpaired) electrons. The van der Waals surface area contributed by atoms with E-state index >= 15 is 0 Å². The van der Waals surface area contributed by atoms with Gasteiger partial charge in [-0.15, -0.1) is 0 Å². The van der Waals surface area contributed by atoms with Crippen LogP contribution < -0.4 is 0 Å². The Morgan fingerprint density at radius 1 is 1.58 bits per heavy atom. The molecule has 2 heteroatoms. The molecule has 0 aromatic carbocycles. The Bertz CT molecular complexity index is 281. The lowest BCUT2D eigenvalue weighted by atomic mass is 10.0. The zero-order chi connectivity index (χ0) is 8.55. The van der Waals surface area contributed by atoms with Crippen molar-refractivity contribution < 1.29 is 9.53 Å². The maximum absolute atomic E-state index is 11.0. The largest absolute Gasteiger partial charge is 0.454 e. The molecule has 1 unspecified atom stereocenters. The zero-order valence-electron chi connectivity index (χ0n) is 6.75. The lowest BCUT2D eigenvalue weighted by Crippen LogP contribution is -2.08. The van der Waals surface area contributed by atoms with Crippen molar-refractivity contribution in [3.05, 3.63) is 36.0 Å². The SMILES string of the molecule is C=C1CC(C2=CC=CC2)OC1=O. The highest BCUT2D eigenvalue weighted by molar-refractivity contribution is 5.90. The first-order valence-corrected chi connectivity index (χ1v) is 4.02. The molecule has 1 heterocycles. The summed E-state index contributed by atoms with van der Waals surface area (Å²) in [5.74, 6) is -0.243. The lowest BCUT2D eigenvalue weighted by Gasteiger charge is -2.08. The number of carbonyl (C=O) groups excluding carboxylic acids is 1. The van der Waals surface area contributed by atoms with Crippen LogP contribution in [0.15, 0.2) is 36.0 Å². The zero-order valence-corrected chi connectivity index (χ0v) is 6.75. The van der Waals surface area contributed by atoms with Crippen LogP contribution in [-0.4, -0.2) is 12.1 Å². The topological polar surface area (TPSA) is 26.3 Å². The summed E-state index contributed by atoms with van der Waals surface area (Å²) in [6, 6.07) is 0. The number of rotatable bonds is 1. The normalized spacial score (nSPS) is 27.7. The lowest BCUT2D eigenvalue weighted by molar-refractivity contribution is -0.137. The number of ether oxygens (including phenoxy) is 1. The molecule has 1 saturated heterocycles. The van der Waals surface area contributed by atoms with E-state index in [1.54, 1.807) is 0 Å². The molecule has 62 valence electrons. The molecule has 0 N–H and O–H groups in total. The highest BCUT2D eigenvalue weighted by Gasteiger charge is 2.29. The van der Waals surface area contributed by atoms with E-state index in [9.17, 15) is 4.79 Å². The van der Waals surface area contributed by atoms with E-state index in [-0.39, 0.29) is 12.1 Å². The molecule has 2 nitrogen and oxygen atoms in total. The summed E-state index contributed by atoms with van der Waals surface area (Å²) in [5, 5.41) is 0. The minimum absolute atomic E-state index is 0.0417. The summed E-state index contributed by atoms with van der Waals surface area (Å²) in [7, 11) is 0. The van der Waals surface area contributed by atoms with Gasteiger partial charge < -0.3 is 4.74 Å². The summed E-state index contributed by atoms with van der Waals surface area (Å²) >= 11 is 0. The molecule has 1 aliphatic heterocycles. The van der Waals surface area contributed by atoms with Gasteiger partial charge in [0.15, 0.2) is 0 Å². The maximum atomic E-state index is 11.0. The van der Waals surface area contributed by atoms with Crippen LogP contribution in [0, 0.1) is 0 Å². The highest BCUT2D eigenvalue weighted by atomic mass is 16.5. The van der Waals surface area contributed by atoms with Gasteiger partial charge in [0.25, 0.3) is 0 Å². The van der Waals surface area contributed by atoms with Gasteiger partial charge in [0, 0.05) is 12.0 Å². The summed E-state index contributed by atoms with van der Waals surface area (Å²) in [6.07, 6.45) is 7.59. The van der Waals surface area contributed by atoms with Gasteiger partial charge in [-0.05, 0) is 12.0 Å². The molecule has 12 heavy (non-hydrogen) atoms. The molecule has 1 fully saturated rings. The van der Waals surface area contributed by atoms with Crippen LogP contribution in [-0.2, 0) is 9.53 Å². The fourth-order valence-corrected chi connectivity index (χ4v) is 1.47. The molecular weight excluding hydrogens is 152 g/mol. The van der Waals surface area contributed by atoms with Crippen LogP contribution in [0.1, 0.15) is 12.8 Å². The molecule has 2 aliphatic rings. The van der Waals surface area contributed by atoms with Crippen LogP contribution in [0.5, 0.6) is 0 Å². The third-order valence-electron chi connectivity index (χ3n) is 2.18. The fourth-order valence-electron chi connectivity index (χ4n) is 1.47. The standard InChI is InChI=1S/C10H10O2/c1-7-6-9(12-10(7)11)8-4-2-3-5-8/h2-4,9H,1,5-6H2. The van der Waals surface area contributed by atoms with E-state index in [0.29, 0.717) is 12.0 Å². The summed E-state index contributed by atoms with van der Waals surface area (Å²) in [5.41, 5.74) is 1.77. The molecule has 0 amide bonds. The average molecular weight is 162 g/mol. The second-order valence-corrected chi connectivity index (χ2v) is 3.08. The van der Waals surface area contributed by atoms with Crippen LogP contribution in [0.4, 0.5) is 0 Å². The number of cyclic esters (lactones) is 1. The molecule has 0 aromatic rings. The third kappa shape index (κ3) is 1.09. The van der Waals surface area contributed by atoms with Gasteiger partial charge in [-0.3, -0.25) is 0 Å². The van der Waals surface area contributed by atoms with Gasteiger partial charge in [-0.25, -0.2) is 4.79 Å². The van der Waals surface area contributed by atoms with Crippen molar-refractivity contribution in [1.82, 2.24) is 0 Å². The van der Waals surface area contributed by atoms with Crippen LogP contribution in [0.2, 0.25) is 0 Å². The number of allylic oxidation sites excluding steroid dienone is 3. The van der Waals surface area contributed by atoms with Crippen molar-refractivity contribution in [2.45, 2.75) is 18.9 Å².